The number of fused-ring (bicyclic) bond motifs is 1. The van der Waals surface area contributed by atoms with Crippen LogP contribution in [-0.2, 0) is 19.4 Å². The van der Waals surface area contributed by atoms with Crippen molar-refractivity contribution in [3.05, 3.63) is 57.9 Å². The highest BCUT2D eigenvalue weighted by molar-refractivity contribution is 7.91. The minimum absolute atomic E-state index is 0.0170. The lowest BCUT2D eigenvalue weighted by Gasteiger charge is -2.13. The highest BCUT2D eigenvalue weighted by Gasteiger charge is 2.35. The Hall–Kier alpha value is -2.98. The molecule has 1 saturated heterocycles. The number of hydrogen-bond acceptors (Lipinski definition) is 7. The maximum absolute atomic E-state index is 12.3. The number of benzene rings is 1. The number of amides is 2. The molecule has 168 valence electrons. The molecule has 2 amide bonds. The fourth-order valence-corrected chi connectivity index (χ4v) is 5.88. The second kappa shape index (κ2) is 8.51. The van der Waals surface area contributed by atoms with E-state index in [0.29, 0.717) is 28.8 Å². The van der Waals surface area contributed by atoms with Crippen molar-refractivity contribution in [2.75, 3.05) is 24.7 Å². The topological polar surface area (TPSA) is 116 Å². The number of sulfone groups is 1. The molecule has 0 saturated carbocycles. The van der Waals surface area contributed by atoms with E-state index in [1.807, 2.05) is 0 Å². The Balaban J connectivity index is 1.35. The molecule has 0 radical (unpaired) electrons. The van der Waals surface area contributed by atoms with Crippen LogP contribution in [0, 0.1) is 6.92 Å². The standard InChI is InChI=1S/C21H20ClN3O6S/c1-13-15(19(22)25(23-13)14-8-11-32(29,30)12-14)6-7-18(26)31-10-9-24-20(27)16-4-2-3-5-17(16)21(24)28/h2-7,14H,8-12H2,1H3/b7-6+. The Morgan fingerprint density at radius 1 is 1.25 bits per heavy atom. The molecular weight excluding hydrogens is 458 g/mol. The van der Waals surface area contributed by atoms with Gasteiger partial charge in [0, 0.05) is 11.6 Å². The third-order valence-electron chi connectivity index (χ3n) is 5.45. The molecule has 0 spiro atoms. The van der Waals surface area contributed by atoms with E-state index in [2.05, 4.69) is 5.10 Å². The molecular formula is C21H20ClN3O6S. The number of esters is 1. The third kappa shape index (κ3) is 4.20. The second-order valence-corrected chi connectivity index (χ2v) is 10.2. The van der Waals surface area contributed by atoms with Gasteiger partial charge in [0.05, 0.1) is 40.9 Å². The molecule has 32 heavy (non-hydrogen) atoms. The molecule has 1 aromatic carbocycles. The average molecular weight is 478 g/mol. The number of halogens is 1. The average Bonchev–Trinajstić information content (AvgIpc) is 3.34. The van der Waals surface area contributed by atoms with Gasteiger partial charge in [-0.15, -0.1) is 0 Å². The van der Waals surface area contributed by atoms with Crippen molar-refractivity contribution in [1.82, 2.24) is 14.7 Å². The normalized spacial score (nSPS) is 19.7. The van der Waals surface area contributed by atoms with Crippen molar-refractivity contribution >= 4 is 45.3 Å². The van der Waals surface area contributed by atoms with Crippen molar-refractivity contribution in [3.8, 4) is 0 Å². The first-order valence-electron chi connectivity index (χ1n) is 9.93. The van der Waals surface area contributed by atoms with Gasteiger partial charge in [-0.3, -0.25) is 14.5 Å². The number of hydrogen-bond donors (Lipinski definition) is 0. The summed E-state index contributed by atoms with van der Waals surface area (Å²) in [4.78, 5) is 37.8. The lowest BCUT2D eigenvalue weighted by molar-refractivity contribution is -0.137. The summed E-state index contributed by atoms with van der Waals surface area (Å²) in [5, 5.41) is 4.57. The van der Waals surface area contributed by atoms with Gasteiger partial charge in [0.2, 0.25) is 0 Å². The second-order valence-electron chi connectivity index (χ2n) is 7.60. The maximum Gasteiger partial charge on any atom is 0.330 e. The molecule has 2 aromatic rings. The van der Waals surface area contributed by atoms with Crippen molar-refractivity contribution in [3.63, 3.8) is 0 Å². The number of imide groups is 1. The van der Waals surface area contributed by atoms with Crippen LogP contribution in [0.4, 0.5) is 0 Å². The summed E-state index contributed by atoms with van der Waals surface area (Å²) in [5.74, 6) is -1.43. The molecule has 9 nitrogen and oxygen atoms in total. The van der Waals surface area contributed by atoms with Crippen LogP contribution in [0.5, 0.6) is 0 Å². The van der Waals surface area contributed by atoms with Gasteiger partial charge in [-0.25, -0.2) is 17.9 Å². The summed E-state index contributed by atoms with van der Waals surface area (Å²) in [5.41, 5.74) is 1.71. The van der Waals surface area contributed by atoms with Crippen molar-refractivity contribution < 1.29 is 27.5 Å². The van der Waals surface area contributed by atoms with E-state index in [1.54, 1.807) is 31.2 Å². The molecule has 2 aliphatic heterocycles. The summed E-state index contributed by atoms with van der Waals surface area (Å²) in [6.45, 7) is 1.50. The SMILES string of the molecule is Cc1nn(C2CCS(=O)(=O)C2)c(Cl)c1/C=C/C(=O)OCCN1C(=O)c2ccccc2C1=O. The van der Waals surface area contributed by atoms with Gasteiger partial charge in [0.25, 0.3) is 11.8 Å². The predicted octanol–water partition coefficient (Wildman–Crippen LogP) is 2.06. The fourth-order valence-electron chi connectivity index (χ4n) is 3.81. The van der Waals surface area contributed by atoms with Crippen molar-refractivity contribution in [2.24, 2.45) is 0 Å². The number of carbonyl (C=O) groups is 3. The first-order valence-corrected chi connectivity index (χ1v) is 12.1. The molecule has 0 N–H and O–H groups in total. The molecule has 2 aliphatic rings. The lowest BCUT2D eigenvalue weighted by atomic mass is 10.1. The van der Waals surface area contributed by atoms with Gasteiger partial charge >= 0.3 is 5.97 Å². The zero-order valence-corrected chi connectivity index (χ0v) is 18.7. The molecule has 1 atom stereocenters. The van der Waals surface area contributed by atoms with E-state index in [9.17, 15) is 22.8 Å². The number of aromatic nitrogens is 2. The largest absolute Gasteiger partial charge is 0.461 e. The molecule has 1 unspecified atom stereocenters. The Morgan fingerprint density at radius 3 is 2.50 bits per heavy atom. The van der Waals surface area contributed by atoms with Crippen LogP contribution >= 0.6 is 11.6 Å². The first kappa shape index (κ1) is 22.2. The quantitative estimate of drug-likeness (QED) is 0.355. The minimum atomic E-state index is -3.10. The van der Waals surface area contributed by atoms with E-state index in [1.165, 1.54) is 16.8 Å². The molecule has 0 bridgehead atoms. The van der Waals surface area contributed by atoms with Gasteiger partial charge in [0.15, 0.2) is 9.84 Å². The van der Waals surface area contributed by atoms with E-state index in [-0.39, 0.29) is 35.9 Å². The van der Waals surface area contributed by atoms with Crippen LogP contribution in [0.1, 0.15) is 44.4 Å². The van der Waals surface area contributed by atoms with Gasteiger partial charge < -0.3 is 4.74 Å². The van der Waals surface area contributed by atoms with Crippen LogP contribution in [0.25, 0.3) is 6.08 Å². The highest BCUT2D eigenvalue weighted by Crippen LogP contribution is 2.30. The summed E-state index contributed by atoms with van der Waals surface area (Å²) in [6, 6.07) is 6.19. The molecule has 4 rings (SSSR count). The lowest BCUT2D eigenvalue weighted by Crippen LogP contribution is -2.33. The van der Waals surface area contributed by atoms with Gasteiger partial charge in [0.1, 0.15) is 11.8 Å². The van der Waals surface area contributed by atoms with Crippen LogP contribution in [-0.4, -0.2) is 65.5 Å². The summed E-state index contributed by atoms with van der Waals surface area (Å²) < 4.78 is 30.1. The number of rotatable bonds is 6. The van der Waals surface area contributed by atoms with Gasteiger partial charge in [-0.1, -0.05) is 23.7 Å². The van der Waals surface area contributed by atoms with Crippen LogP contribution in [0.3, 0.4) is 0 Å². The van der Waals surface area contributed by atoms with Gasteiger partial charge in [-0.2, -0.15) is 5.10 Å². The first-order chi connectivity index (χ1) is 15.2. The van der Waals surface area contributed by atoms with Gasteiger partial charge in [-0.05, 0) is 31.6 Å². The fraction of sp³-hybridized carbons (Fsp3) is 0.333. The Bertz CT molecular complexity index is 1220. The number of carbonyl (C=O) groups excluding carboxylic acids is 3. The molecule has 0 aliphatic carbocycles. The monoisotopic (exact) mass is 477 g/mol. The smallest absolute Gasteiger partial charge is 0.330 e. The summed E-state index contributed by atoms with van der Waals surface area (Å²) in [6.07, 6.45) is 3.06. The van der Waals surface area contributed by atoms with Crippen molar-refractivity contribution in [1.29, 1.82) is 0 Å². The predicted molar refractivity (Wildman–Crippen MR) is 116 cm³/mol. The van der Waals surface area contributed by atoms with E-state index in [0.717, 1.165) is 4.90 Å². The number of ether oxygens (including phenoxy) is 1. The third-order valence-corrected chi connectivity index (χ3v) is 7.58. The molecule has 3 heterocycles. The van der Waals surface area contributed by atoms with Crippen LogP contribution < -0.4 is 0 Å². The zero-order valence-electron chi connectivity index (χ0n) is 17.2. The molecule has 1 fully saturated rings. The number of aryl methyl sites for hydroxylation is 1. The van der Waals surface area contributed by atoms with Crippen LogP contribution in [0.2, 0.25) is 5.15 Å². The molecule has 1 aromatic heterocycles. The minimum Gasteiger partial charge on any atom is -0.461 e. The van der Waals surface area contributed by atoms with E-state index in [4.69, 9.17) is 16.3 Å². The van der Waals surface area contributed by atoms with E-state index >= 15 is 0 Å². The summed E-state index contributed by atoms with van der Waals surface area (Å²) >= 11 is 6.37. The molecule has 11 heteroatoms. The maximum atomic E-state index is 12.3. The van der Waals surface area contributed by atoms with Crippen LogP contribution in [0.15, 0.2) is 30.3 Å². The number of nitrogens with zero attached hydrogens (tertiary/aromatic N) is 3. The Labute approximate surface area is 189 Å². The summed E-state index contributed by atoms with van der Waals surface area (Å²) in [7, 11) is -3.10. The Kier molecular flexibility index (Phi) is 5.91. The Morgan fingerprint density at radius 2 is 1.91 bits per heavy atom. The van der Waals surface area contributed by atoms with E-state index < -0.39 is 27.6 Å². The zero-order chi connectivity index (χ0) is 23.0. The van der Waals surface area contributed by atoms with Crippen molar-refractivity contribution in [2.45, 2.75) is 19.4 Å². The highest BCUT2D eigenvalue weighted by atomic mass is 35.5.